The normalized spacial score (nSPS) is 10.9. The molecule has 0 bridgehead atoms. The van der Waals surface area contributed by atoms with E-state index < -0.39 is 0 Å². The van der Waals surface area contributed by atoms with Crippen molar-refractivity contribution in [1.82, 2.24) is 0 Å². The van der Waals surface area contributed by atoms with E-state index >= 15 is 0 Å². The molecule has 0 saturated heterocycles. The Morgan fingerprint density at radius 2 is 2.12 bits per heavy atom. The highest BCUT2D eigenvalue weighted by Gasteiger charge is 2.10. The third kappa shape index (κ3) is 1.69. The molecule has 1 N–H and O–H groups in total. The maximum atomic E-state index is 11.3. The van der Waals surface area contributed by atoms with Gasteiger partial charge in [0.25, 0.3) is 0 Å². The first-order valence-electron chi connectivity index (χ1n) is 5.38. The second-order valence-corrected chi connectivity index (χ2v) is 3.94. The number of benzene rings is 1. The van der Waals surface area contributed by atoms with Crippen LogP contribution in [0.3, 0.4) is 0 Å². The van der Waals surface area contributed by atoms with Gasteiger partial charge in [-0.1, -0.05) is 13.3 Å². The van der Waals surface area contributed by atoms with Gasteiger partial charge in [-0.2, -0.15) is 0 Å². The van der Waals surface area contributed by atoms with Crippen molar-refractivity contribution >= 4 is 11.0 Å². The van der Waals surface area contributed by atoms with E-state index in [-0.39, 0.29) is 11.4 Å². The predicted molar refractivity (Wildman–Crippen MR) is 62.9 cm³/mol. The summed E-state index contributed by atoms with van der Waals surface area (Å²) < 4.78 is 5.19. The van der Waals surface area contributed by atoms with E-state index in [4.69, 9.17) is 4.42 Å². The van der Waals surface area contributed by atoms with Crippen molar-refractivity contribution in [2.45, 2.75) is 26.7 Å². The van der Waals surface area contributed by atoms with Crippen molar-refractivity contribution in [1.29, 1.82) is 0 Å². The number of phenols is 1. The van der Waals surface area contributed by atoms with E-state index in [2.05, 4.69) is 0 Å². The first-order valence-corrected chi connectivity index (χ1v) is 5.38. The molecule has 0 amide bonds. The molecule has 3 nitrogen and oxygen atoms in total. The molecule has 2 rings (SSSR count). The van der Waals surface area contributed by atoms with Gasteiger partial charge >= 0.3 is 5.63 Å². The molecule has 0 atom stereocenters. The average Bonchev–Trinajstić information content (AvgIpc) is 2.22. The summed E-state index contributed by atoms with van der Waals surface area (Å²) in [5, 5.41) is 10.6. The molecule has 3 heteroatoms. The summed E-state index contributed by atoms with van der Waals surface area (Å²) >= 11 is 0. The molecular formula is C13H14O3. The highest BCUT2D eigenvalue weighted by molar-refractivity contribution is 5.84. The van der Waals surface area contributed by atoms with Crippen LogP contribution in [0.4, 0.5) is 0 Å². The van der Waals surface area contributed by atoms with Gasteiger partial charge in [0.05, 0.1) is 0 Å². The Labute approximate surface area is 93.3 Å². The molecule has 0 unspecified atom stereocenters. The minimum Gasteiger partial charge on any atom is -0.508 e. The molecule has 84 valence electrons. The lowest BCUT2D eigenvalue weighted by atomic mass is 10.0. The number of aromatic hydroxyl groups is 1. The number of hydrogen-bond acceptors (Lipinski definition) is 3. The van der Waals surface area contributed by atoms with Crippen LogP contribution in [-0.2, 0) is 6.42 Å². The van der Waals surface area contributed by atoms with Crippen LogP contribution < -0.4 is 5.63 Å². The Morgan fingerprint density at radius 3 is 2.81 bits per heavy atom. The van der Waals surface area contributed by atoms with E-state index in [1.807, 2.05) is 13.8 Å². The smallest absolute Gasteiger partial charge is 0.336 e. The van der Waals surface area contributed by atoms with E-state index in [1.165, 1.54) is 6.07 Å². The number of hydrogen-bond donors (Lipinski definition) is 1. The Hall–Kier alpha value is -1.77. The van der Waals surface area contributed by atoms with Crippen molar-refractivity contribution in [2.24, 2.45) is 0 Å². The van der Waals surface area contributed by atoms with E-state index in [0.29, 0.717) is 12.0 Å². The van der Waals surface area contributed by atoms with E-state index in [1.54, 1.807) is 12.1 Å². The standard InChI is InChI=1S/C13H14O3/c1-3-4-10-11(14)6-5-9-8(2)7-12(15)16-13(9)10/h5-7,14H,3-4H2,1-2H3. The van der Waals surface area contributed by atoms with Crippen LogP contribution >= 0.6 is 0 Å². The van der Waals surface area contributed by atoms with Gasteiger partial charge in [-0.05, 0) is 31.0 Å². The zero-order valence-electron chi connectivity index (χ0n) is 9.41. The van der Waals surface area contributed by atoms with Crippen LogP contribution in [0.15, 0.2) is 27.4 Å². The highest BCUT2D eigenvalue weighted by atomic mass is 16.4. The second-order valence-electron chi connectivity index (χ2n) is 3.94. The molecule has 1 heterocycles. The maximum Gasteiger partial charge on any atom is 0.336 e. The van der Waals surface area contributed by atoms with Crippen molar-refractivity contribution in [3.63, 3.8) is 0 Å². The first-order chi connectivity index (χ1) is 7.63. The Morgan fingerprint density at radius 1 is 1.38 bits per heavy atom. The summed E-state index contributed by atoms with van der Waals surface area (Å²) in [7, 11) is 0. The van der Waals surface area contributed by atoms with Gasteiger partial charge in [0, 0.05) is 17.0 Å². The van der Waals surface area contributed by atoms with Crippen LogP contribution in [-0.4, -0.2) is 5.11 Å². The number of phenolic OH excluding ortho intramolecular Hbond substituents is 1. The summed E-state index contributed by atoms with van der Waals surface area (Å²) in [6, 6.07) is 4.90. The molecule has 0 aliphatic carbocycles. The fraction of sp³-hybridized carbons (Fsp3) is 0.308. The zero-order chi connectivity index (χ0) is 11.7. The molecule has 16 heavy (non-hydrogen) atoms. The van der Waals surface area contributed by atoms with Crippen LogP contribution in [0.2, 0.25) is 0 Å². The number of fused-ring (bicyclic) bond motifs is 1. The van der Waals surface area contributed by atoms with Crippen LogP contribution in [0.25, 0.3) is 11.0 Å². The molecule has 0 aliphatic rings. The number of aryl methyl sites for hydroxylation is 2. The van der Waals surface area contributed by atoms with Crippen molar-refractivity contribution in [3.05, 3.63) is 39.7 Å². The fourth-order valence-electron chi connectivity index (χ4n) is 1.92. The predicted octanol–water partition coefficient (Wildman–Crippen LogP) is 2.76. The summed E-state index contributed by atoms with van der Waals surface area (Å²) in [5.41, 5.74) is 1.75. The van der Waals surface area contributed by atoms with Gasteiger partial charge < -0.3 is 9.52 Å². The van der Waals surface area contributed by atoms with Gasteiger partial charge in [-0.3, -0.25) is 0 Å². The number of rotatable bonds is 2. The minimum atomic E-state index is -0.368. The lowest BCUT2D eigenvalue weighted by Gasteiger charge is -2.07. The van der Waals surface area contributed by atoms with Gasteiger partial charge in [-0.15, -0.1) is 0 Å². The lowest BCUT2D eigenvalue weighted by molar-refractivity contribution is 0.464. The highest BCUT2D eigenvalue weighted by Crippen LogP contribution is 2.28. The average molecular weight is 218 g/mol. The van der Waals surface area contributed by atoms with Gasteiger partial charge in [0.15, 0.2) is 0 Å². The summed E-state index contributed by atoms with van der Waals surface area (Å²) in [6.45, 7) is 3.89. The topological polar surface area (TPSA) is 50.4 Å². The van der Waals surface area contributed by atoms with Crippen LogP contribution in [0.1, 0.15) is 24.5 Å². The molecule has 0 saturated carbocycles. The van der Waals surface area contributed by atoms with Crippen molar-refractivity contribution in [3.8, 4) is 5.75 Å². The maximum absolute atomic E-state index is 11.3. The van der Waals surface area contributed by atoms with Crippen LogP contribution in [0.5, 0.6) is 5.75 Å². The minimum absolute atomic E-state index is 0.197. The monoisotopic (exact) mass is 218 g/mol. The third-order valence-corrected chi connectivity index (χ3v) is 2.70. The largest absolute Gasteiger partial charge is 0.508 e. The first kappa shape index (κ1) is 10.7. The molecule has 0 fully saturated rings. The molecule has 2 aromatic rings. The third-order valence-electron chi connectivity index (χ3n) is 2.70. The molecule has 1 aromatic carbocycles. The molecule has 0 spiro atoms. The van der Waals surface area contributed by atoms with Gasteiger partial charge in [0.1, 0.15) is 11.3 Å². The van der Waals surface area contributed by atoms with Crippen molar-refractivity contribution in [2.75, 3.05) is 0 Å². The zero-order valence-corrected chi connectivity index (χ0v) is 9.41. The summed E-state index contributed by atoms with van der Waals surface area (Å²) in [4.78, 5) is 11.3. The summed E-state index contributed by atoms with van der Waals surface area (Å²) in [5.74, 6) is 0.197. The SMILES string of the molecule is CCCc1c(O)ccc2c(C)cc(=O)oc12. The molecule has 1 aromatic heterocycles. The Balaban J connectivity index is 2.85. The molecule has 0 radical (unpaired) electrons. The summed E-state index contributed by atoms with van der Waals surface area (Å²) in [6.07, 6.45) is 1.60. The van der Waals surface area contributed by atoms with Crippen LogP contribution in [0, 0.1) is 6.92 Å². The van der Waals surface area contributed by atoms with Gasteiger partial charge in [-0.25, -0.2) is 4.79 Å². The lowest BCUT2D eigenvalue weighted by Crippen LogP contribution is -2.00. The van der Waals surface area contributed by atoms with E-state index in [0.717, 1.165) is 22.9 Å². The Kier molecular flexibility index (Phi) is 2.69. The van der Waals surface area contributed by atoms with Crippen molar-refractivity contribution < 1.29 is 9.52 Å². The quantitative estimate of drug-likeness (QED) is 0.788. The molecule has 0 aliphatic heterocycles. The second kappa shape index (κ2) is 4.00. The van der Waals surface area contributed by atoms with Gasteiger partial charge in [0.2, 0.25) is 0 Å². The Bertz CT molecular complexity index is 581. The van der Waals surface area contributed by atoms with E-state index in [9.17, 15) is 9.90 Å². The fourth-order valence-corrected chi connectivity index (χ4v) is 1.92. The molecular weight excluding hydrogens is 204 g/mol.